The summed E-state index contributed by atoms with van der Waals surface area (Å²) in [6.45, 7) is 6.44. The molecule has 2 N–H and O–H groups in total. The number of likely N-dealkylation sites (tertiary alicyclic amines) is 1. The fourth-order valence-electron chi connectivity index (χ4n) is 3.13. The number of thiazole rings is 1. The van der Waals surface area contributed by atoms with Crippen LogP contribution in [0.2, 0.25) is 0 Å². The Hall–Kier alpha value is -1.99. The number of anilines is 1. The molecule has 128 valence electrons. The zero-order valence-corrected chi connectivity index (χ0v) is 14.8. The summed E-state index contributed by atoms with van der Waals surface area (Å²) in [5.74, 6) is -0.210. The van der Waals surface area contributed by atoms with Crippen LogP contribution in [0.4, 0.5) is 5.13 Å². The third-order valence-corrected chi connectivity index (χ3v) is 5.27. The van der Waals surface area contributed by atoms with Gasteiger partial charge in [0.05, 0.1) is 10.2 Å². The molecule has 0 unspecified atom stereocenters. The summed E-state index contributed by atoms with van der Waals surface area (Å²) < 4.78 is 0.891. The van der Waals surface area contributed by atoms with Gasteiger partial charge in [0.1, 0.15) is 0 Å². The molecule has 1 aromatic heterocycles. The second-order valence-electron chi connectivity index (χ2n) is 6.02. The van der Waals surface area contributed by atoms with Crippen LogP contribution in [0.3, 0.4) is 0 Å². The quantitative estimate of drug-likeness (QED) is 0.872. The van der Waals surface area contributed by atoms with Gasteiger partial charge in [0, 0.05) is 25.1 Å². The van der Waals surface area contributed by atoms with Crippen LogP contribution in [0.1, 0.15) is 37.0 Å². The summed E-state index contributed by atoms with van der Waals surface area (Å²) in [5, 5.41) is 6.28. The molecule has 1 saturated heterocycles. The van der Waals surface area contributed by atoms with Crippen molar-refractivity contribution in [2.45, 2.75) is 32.7 Å². The summed E-state index contributed by atoms with van der Waals surface area (Å²) in [4.78, 5) is 30.3. The second kappa shape index (κ2) is 7.27. The van der Waals surface area contributed by atoms with Crippen molar-refractivity contribution < 1.29 is 9.59 Å². The van der Waals surface area contributed by atoms with Gasteiger partial charge in [0.15, 0.2) is 5.13 Å². The summed E-state index contributed by atoms with van der Waals surface area (Å²) >= 11 is 1.37. The molecule has 1 atom stereocenters. The predicted octanol–water partition coefficient (Wildman–Crippen LogP) is 2.47. The molecule has 2 heterocycles. The van der Waals surface area contributed by atoms with Crippen LogP contribution in [0.15, 0.2) is 18.2 Å². The number of fused-ring (bicyclic) bond motifs is 1. The van der Waals surface area contributed by atoms with Crippen molar-refractivity contribution in [2.75, 3.05) is 25.0 Å². The van der Waals surface area contributed by atoms with Gasteiger partial charge in [-0.15, -0.1) is 0 Å². The Labute approximate surface area is 145 Å². The first-order valence-corrected chi connectivity index (χ1v) is 9.09. The number of aromatic nitrogens is 1. The van der Waals surface area contributed by atoms with E-state index in [1.54, 1.807) is 6.07 Å². The molecular weight excluding hydrogens is 324 g/mol. The maximum Gasteiger partial charge on any atom is 0.251 e. The molecule has 24 heavy (non-hydrogen) atoms. The number of carbonyl (C=O) groups is 2. The fraction of sp³-hybridized carbons (Fsp3) is 0.471. The fourth-order valence-corrected chi connectivity index (χ4v) is 4.08. The van der Waals surface area contributed by atoms with Crippen molar-refractivity contribution in [1.29, 1.82) is 0 Å². The smallest absolute Gasteiger partial charge is 0.251 e. The van der Waals surface area contributed by atoms with Crippen LogP contribution in [0, 0.1) is 0 Å². The van der Waals surface area contributed by atoms with Crippen LogP contribution in [-0.2, 0) is 4.79 Å². The summed E-state index contributed by atoms with van der Waals surface area (Å²) in [7, 11) is 0. The van der Waals surface area contributed by atoms with Gasteiger partial charge in [-0.3, -0.25) is 14.5 Å². The van der Waals surface area contributed by atoms with Crippen LogP contribution in [-0.4, -0.2) is 47.4 Å². The van der Waals surface area contributed by atoms with Gasteiger partial charge >= 0.3 is 0 Å². The molecule has 0 aliphatic carbocycles. The monoisotopic (exact) mass is 346 g/mol. The number of hydrogen-bond acceptors (Lipinski definition) is 5. The molecule has 6 nitrogen and oxygen atoms in total. The molecule has 1 fully saturated rings. The zero-order chi connectivity index (χ0) is 17.1. The van der Waals surface area contributed by atoms with Crippen molar-refractivity contribution >= 4 is 38.5 Å². The van der Waals surface area contributed by atoms with Crippen molar-refractivity contribution in [3.05, 3.63) is 23.8 Å². The SMILES string of the molecule is CCN1CCC[C@H]1CNC(=O)c1ccc2nc(NC(C)=O)sc2c1. The molecule has 1 aliphatic heterocycles. The summed E-state index contributed by atoms with van der Waals surface area (Å²) in [6, 6.07) is 5.87. The molecule has 1 aliphatic rings. The van der Waals surface area contributed by atoms with Gasteiger partial charge in [-0.25, -0.2) is 4.98 Å². The Morgan fingerprint density at radius 1 is 1.42 bits per heavy atom. The van der Waals surface area contributed by atoms with E-state index in [0.29, 0.717) is 23.3 Å². The number of rotatable bonds is 5. The highest BCUT2D eigenvalue weighted by molar-refractivity contribution is 7.22. The molecule has 2 aromatic rings. The van der Waals surface area contributed by atoms with E-state index >= 15 is 0 Å². The van der Waals surface area contributed by atoms with Gasteiger partial charge in [-0.1, -0.05) is 18.3 Å². The lowest BCUT2D eigenvalue weighted by Gasteiger charge is -2.22. The number of hydrogen-bond donors (Lipinski definition) is 2. The van der Waals surface area contributed by atoms with Crippen molar-refractivity contribution in [3.8, 4) is 0 Å². The van der Waals surface area contributed by atoms with E-state index in [1.807, 2.05) is 12.1 Å². The van der Waals surface area contributed by atoms with E-state index in [9.17, 15) is 9.59 Å². The minimum atomic E-state index is -0.149. The predicted molar refractivity (Wildman–Crippen MR) is 96.5 cm³/mol. The molecule has 7 heteroatoms. The van der Waals surface area contributed by atoms with Gasteiger partial charge in [0.2, 0.25) is 5.91 Å². The highest BCUT2D eigenvalue weighted by Crippen LogP contribution is 2.26. The third-order valence-electron chi connectivity index (χ3n) is 4.34. The molecule has 0 spiro atoms. The Morgan fingerprint density at radius 3 is 3.00 bits per heavy atom. The number of carbonyl (C=O) groups excluding carboxylic acids is 2. The first-order valence-electron chi connectivity index (χ1n) is 8.27. The van der Waals surface area contributed by atoms with E-state index in [2.05, 4.69) is 27.4 Å². The van der Waals surface area contributed by atoms with E-state index in [1.165, 1.54) is 24.7 Å². The zero-order valence-electron chi connectivity index (χ0n) is 14.0. The molecule has 0 saturated carbocycles. The number of nitrogens with zero attached hydrogens (tertiary/aromatic N) is 2. The topological polar surface area (TPSA) is 74.3 Å². The molecule has 0 radical (unpaired) electrons. The Morgan fingerprint density at radius 2 is 2.25 bits per heavy atom. The summed E-state index contributed by atoms with van der Waals surface area (Å²) in [6.07, 6.45) is 2.34. The lowest BCUT2D eigenvalue weighted by Crippen LogP contribution is -2.40. The van der Waals surface area contributed by atoms with Crippen molar-refractivity contribution in [2.24, 2.45) is 0 Å². The molecule has 3 rings (SSSR count). The second-order valence-corrected chi connectivity index (χ2v) is 7.05. The minimum absolute atomic E-state index is 0.0608. The average molecular weight is 346 g/mol. The van der Waals surface area contributed by atoms with Gasteiger partial charge < -0.3 is 10.6 Å². The highest BCUT2D eigenvalue weighted by Gasteiger charge is 2.23. The first-order chi connectivity index (χ1) is 11.6. The van der Waals surface area contributed by atoms with Gasteiger partial charge in [-0.05, 0) is 44.1 Å². The van der Waals surface area contributed by atoms with Gasteiger partial charge in [0.25, 0.3) is 5.91 Å². The third kappa shape index (κ3) is 3.73. The highest BCUT2D eigenvalue weighted by atomic mass is 32.1. The molecule has 2 amide bonds. The number of amides is 2. The van der Waals surface area contributed by atoms with Crippen LogP contribution in [0.25, 0.3) is 10.2 Å². The maximum absolute atomic E-state index is 12.4. The number of likely N-dealkylation sites (N-methyl/N-ethyl adjacent to an activating group) is 1. The maximum atomic E-state index is 12.4. The summed E-state index contributed by atoms with van der Waals surface area (Å²) in [5.41, 5.74) is 1.41. The minimum Gasteiger partial charge on any atom is -0.350 e. The van der Waals surface area contributed by atoms with Crippen molar-refractivity contribution in [3.63, 3.8) is 0 Å². The van der Waals surface area contributed by atoms with Crippen LogP contribution in [0.5, 0.6) is 0 Å². The van der Waals surface area contributed by atoms with E-state index in [-0.39, 0.29) is 11.8 Å². The lowest BCUT2D eigenvalue weighted by molar-refractivity contribution is -0.114. The first kappa shape index (κ1) is 16.9. The Bertz CT molecular complexity index is 758. The largest absolute Gasteiger partial charge is 0.350 e. The number of benzene rings is 1. The van der Waals surface area contributed by atoms with E-state index < -0.39 is 0 Å². The van der Waals surface area contributed by atoms with Crippen LogP contribution >= 0.6 is 11.3 Å². The Balaban J connectivity index is 1.67. The molecular formula is C17H22N4O2S. The van der Waals surface area contributed by atoms with Crippen molar-refractivity contribution in [1.82, 2.24) is 15.2 Å². The van der Waals surface area contributed by atoms with Gasteiger partial charge in [-0.2, -0.15) is 0 Å². The van der Waals surface area contributed by atoms with Crippen LogP contribution < -0.4 is 10.6 Å². The van der Waals surface area contributed by atoms with E-state index in [0.717, 1.165) is 29.7 Å². The average Bonchev–Trinajstić information content (AvgIpc) is 3.16. The molecule has 1 aromatic carbocycles. The standard InChI is InChI=1S/C17H22N4O2S/c1-3-21-8-4-5-13(21)10-18-16(23)12-6-7-14-15(9-12)24-17(20-14)19-11(2)22/h6-7,9,13H,3-5,8,10H2,1-2H3,(H,18,23)(H,19,20,22)/t13-/m0/s1. The Kier molecular flexibility index (Phi) is 5.11. The normalized spacial score (nSPS) is 18.0. The number of nitrogens with one attached hydrogen (secondary N) is 2. The molecule has 0 bridgehead atoms. The lowest BCUT2D eigenvalue weighted by atomic mass is 10.2. The van der Waals surface area contributed by atoms with E-state index in [4.69, 9.17) is 0 Å².